The minimum Gasteiger partial charge on any atom is -0.449 e. The van der Waals surface area contributed by atoms with Gasteiger partial charge >= 0.3 is 12.2 Å². The van der Waals surface area contributed by atoms with E-state index < -0.39 is 6.09 Å². The summed E-state index contributed by atoms with van der Waals surface area (Å²) in [4.78, 5) is 31.4. The Hall–Kier alpha value is -2.02. The Morgan fingerprint density at radius 3 is 2.56 bits per heavy atom. The first-order valence-electron chi connectivity index (χ1n) is 9.50. The van der Waals surface area contributed by atoms with Crippen molar-refractivity contribution < 1.29 is 19.1 Å². The highest BCUT2D eigenvalue weighted by molar-refractivity contribution is 6.29. The molecule has 0 aromatic carbocycles. The highest BCUT2D eigenvalue weighted by atomic mass is 35.5. The smallest absolute Gasteiger partial charge is 0.414 e. The van der Waals surface area contributed by atoms with Gasteiger partial charge in [0.25, 0.3) is 0 Å². The second-order valence-electron chi connectivity index (χ2n) is 7.20. The largest absolute Gasteiger partial charge is 0.449 e. The zero-order valence-electron chi connectivity index (χ0n) is 15.6. The summed E-state index contributed by atoms with van der Waals surface area (Å²) in [6.45, 7) is 2.06. The maximum absolute atomic E-state index is 12.3. The number of anilines is 1. The summed E-state index contributed by atoms with van der Waals surface area (Å²) in [5, 5.41) is 0.379. The van der Waals surface area contributed by atoms with Gasteiger partial charge < -0.3 is 14.4 Å². The van der Waals surface area contributed by atoms with Gasteiger partial charge in [0.05, 0.1) is 18.5 Å². The van der Waals surface area contributed by atoms with Gasteiger partial charge in [0, 0.05) is 20.1 Å². The number of halogens is 1. The van der Waals surface area contributed by atoms with Crippen LogP contribution in [0.1, 0.15) is 38.5 Å². The van der Waals surface area contributed by atoms with E-state index in [-0.39, 0.29) is 12.2 Å². The monoisotopic (exact) mass is 395 g/mol. The molecule has 0 bridgehead atoms. The van der Waals surface area contributed by atoms with Gasteiger partial charge in [0.15, 0.2) is 0 Å². The van der Waals surface area contributed by atoms with E-state index in [1.165, 1.54) is 11.1 Å². The van der Waals surface area contributed by atoms with Crippen molar-refractivity contribution >= 4 is 29.5 Å². The van der Waals surface area contributed by atoms with Crippen molar-refractivity contribution in [2.75, 3.05) is 31.6 Å². The van der Waals surface area contributed by atoms with Gasteiger partial charge in [-0.1, -0.05) is 11.6 Å². The SMILES string of the molecule is CN(C(=O)OC1CCC(COC(=O)N2CCCC2)CC1)c1ccc(Cl)nc1. The molecule has 2 amide bonds. The van der Waals surface area contributed by atoms with Gasteiger partial charge in [0.1, 0.15) is 11.3 Å². The molecule has 2 heterocycles. The van der Waals surface area contributed by atoms with Crippen LogP contribution < -0.4 is 4.90 Å². The van der Waals surface area contributed by atoms with Crippen molar-refractivity contribution in [3.63, 3.8) is 0 Å². The molecule has 0 unspecified atom stereocenters. The lowest BCUT2D eigenvalue weighted by molar-refractivity contribution is 0.0477. The molecule has 1 aliphatic heterocycles. The molecule has 7 nitrogen and oxygen atoms in total. The Labute approximate surface area is 164 Å². The molecular formula is C19H26ClN3O4. The number of carbonyl (C=O) groups is 2. The van der Waals surface area contributed by atoms with Gasteiger partial charge in [-0.25, -0.2) is 14.6 Å². The minimum atomic E-state index is -0.400. The second-order valence-corrected chi connectivity index (χ2v) is 7.58. The molecule has 0 N–H and O–H groups in total. The number of nitrogens with zero attached hydrogens (tertiary/aromatic N) is 3. The third-order valence-electron chi connectivity index (χ3n) is 5.24. The molecule has 148 valence electrons. The summed E-state index contributed by atoms with van der Waals surface area (Å²) in [7, 11) is 1.65. The van der Waals surface area contributed by atoms with Crippen LogP contribution in [0.3, 0.4) is 0 Å². The van der Waals surface area contributed by atoms with Crippen LogP contribution in [-0.2, 0) is 9.47 Å². The molecule has 1 saturated heterocycles. The average molecular weight is 396 g/mol. The van der Waals surface area contributed by atoms with Crippen LogP contribution in [0.15, 0.2) is 18.3 Å². The zero-order valence-corrected chi connectivity index (χ0v) is 16.4. The topological polar surface area (TPSA) is 72.0 Å². The fraction of sp³-hybridized carbons (Fsp3) is 0.632. The third kappa shape index (κ3) is 5.48. The number of hydrogen-bond acceptors (Lipinski definition) is 5. The lowest BCUT2D eigenvalue weighted by atomic mass is 9.88. The van der Waals surface area contributed by atoms with E-state index in [1.54, 1.807) is 24.1 Å². The second kappa shape index (κ2) is 9.26. The predicted octanol–water partition coefficient (Wildman–Crippen LogP) is 4.10. The lowest BCUT2D eigenvalue weighted by Gasteiger charge is -2.29. The van der Waals surface area contributed by atoms with E-state index in [4.69, 9.17) is 21.1 Å². The summed E-state index contributed by atoms with van der Waals surface area (Å²) >= 11 is 5.77. The Morgan fingerprint density at radius 1 is 1.22 bits per heavy atom. The summed E-state index contributed by atoms with van der Waals surface area (Å²) in [5.41, 5.74) is 0.631. The van der Waals surface area contributed by atoms with Gasteiger partial charge in [0.2, 0.25) is 0 Å². The highest BCUT2D eigenvalue weighted by Crippen LogP contribution is 2.27. The van der Waals surface area contributed by atoms with E-state index >= 15 is 0 Å². The molecular weight excluding hydrogens is 370 g/mol. The number of carbonyl (C=O) groups excluding carboxylic acids is 2. The summed E-state index contributed by atoms with van der Waals surface area (Å²) in [6, 6.07) is 3.36. The third-order valence-corrected chi connectivity index (χ3v) is 5.46. The molecule has 27 heavy (non-hydrogen) atoms. The van der Waals surface area contributed by atoms with Crippen LogP contribution in [0.2, 0.25) is 5.15 Å². The Morgan fingerprint density at radius 2 is 1.93 bits per heavy atom. The fourth-order valence-corrected chi connectivity index (χ4v) is 3.60. The number of pyridine rings is 1. The average Bonchev–Trinajstić information content (AvgIpc) is 3.22. The number of rotatable bonds is 4. The lowest BCUT2D eigenvalue weighted by Crippen LogP contribution is -2.34. The van der Waals surface area contributed by atoms with Crippen LogP contribution in [0, 0.1) is 5.92 Å². The van der Waals surface area contributed by atoms with Crippen molar-refractivity contribution in [2.24, 2.45) is 5.92 Å². The van der Waals surface area contributed by atoms with E-state index in [0.717, 1.165) is 51.6 Å². The summed E-state index contributed by atoms with van der Waals surface area (Å²) in [5.74, 6) is 0.338. The minimum absolute atomic E-state index is 0.106. The Balaban J connectivity index is 1.38. The molecule has 2 aliphatic rings. The Kier molecular flexibility index (Phi) is 6.77. The van der Waals surface area contributed by atoms with Gasteiger partial charge in [-0.15, -0.1) is 0 Å². The highest BCUT2D eigenvalue weighted by Gasteiger charge is 2.27. The molecule has 1 aliphatic carbocycles. The molecule has 2 fully saturated rings. The molecule has 3 rings (SSSR count). The quantitative estimate of drug-likeness (QED) is 0.717. The van der Waals surface area contributed by atoms with E-state index in [0.29, 0.717) is 23.4 Å². The maximum atomic E-state index is 12.3. The van der Waals surface area contributed by atoms with Crippen molar-refractivity contribution in [3.8, 4) is 0 Å². The normalized spacial score (nSPS) is 22.4. The molecule has 1 aromatic rings. The molecule has 1 aromatic heterocycles. The van der Waals surface area contributed by atoms with Crippen LogP contribution in [0.25, 0.3) is 0 Å². The predicted molar refractivity (Wildman–Crippen MR) is 102 cm³/mol. The summed E-state index contributed by atoms with van der Waals surface area (Å²) < 4.78 is 11.0. The summed E-state index contributed by atoms with van der Waals surface area (Å²) in [6.07, 6.45) is 6.30. The van der Waals surface area contributed by atoms with Crippen molar-refractivity contribution in [3.05, 3.63) is 23.5 Å². The molecule has 0 radical (unpaired) electrons. The van der Waals surface area contributed by atoms with Crippen LogP contribution in [-0.4, -0.2) is 54.9 Å². The molecule has 8 heteroatoms. The zero-order chi connectivity index (χ0) is 19.2. The van der Waals surface area contributed by atoms with Gasteiger partial charge in [-0.3, -0.25) is 4.90 Å². The first kappa shape index (κ1) is 19.7. The maximum Gasteiger partial charge on any atom is 0.414 e. The van der Waals surface area contributed by atoms with Crippen LogP contribution in [0.5, 0.6) is 0 Å². The van der Waals surface area contributed by atoms with Gasteiger partial charge in [-0.05, 0) is 56.6 Å². The van der Waals surface area contributed by atoms with Crippen molar-refractivity contribution in [1.29, 1.82) is 0 Å². The van der Waals surface area contributed by atoms with E-state index in [9.17, 15) is 9.59 Å². The van der Waals surface area contributed by atoms with Crippen molar-refractivity contribution in [1.82, 2.24) is 9.88 Å². The number of ether oxygens (including phenoxy) is 2. The standard InChI is InChI=1S/C19H26ClN3O4/c1-22(15-6-9-17(20)21-12-15)18(24)27-16-7-4-14(5-8-16)13-26-19(25)23-10-2-3-11-23/h6,9,12,14,16H,2-5,7-8,10-11,13H2,1H3. The molecule has 0 atom stereocenters. The number of likely N-dealkylation sites (tertiary alicyclic amines) is 1. The van der Waals surface area contributed by atoms with Crippen molar-refractivity contribution in [2.45, 2.75) is 44.6 Å². The van der Waals surface area contributed by atoms with Gasteiger partial charge in [-0.2, -0.15) is 0 Å². The van der Waals surface area contributed by atoms with Crippen LogP contribution in [0.4, 0.5) is 15.3 Å². The van der Waals surface area contributed by atoms with E-state index in [2.05, 4.69) is 4.98 Å². The molecule has 0 spiro atoms. The number of amides is 2. The number of hydrogen-bond donors (Lipinski definition) is 0. The Bertz CT molecular complexity index is 641. The fourth-order valence-electron chi connectivity index (χ4n) is 3.49. The number of aromatic nitrogens is 1. The van der Waals surface area contributed by atoms with Crippen LogP contribution >= 0.6 is 11.6 Å². The molecule has 1 saturated carbocycles. The van der Waals surface area contributed by atoms with E-state index in [1.807, 2.05) is 0 Å². The first-order valence-corrected chi connectivity index (χ1v) is 9.88. The first-order chi connectivity index (χ1) is 13.0.